The molecular weight excluding hydrogens is 441 g/mol. The second-order valence-corrected chi connectivity index (χ2v) is 10.2. The normalized spacial score (nSPS) is 28.7. The number of hydrogen-bond acceptors (Lipinski definition) is 3. The Hall–Kier alpha value is -1.85. The van der Waals surface area contributed by atoms with Crippen LogP contribution in [0.3, 0.4) is 0 Å². The van der Waals surface area contributed by atoms with Crippen LogP contribution in [0.2, 0.25) is 10.0 Å². The fourth-order valence-electron chi connectivity index (χ4n) is 6.00. The molecule has 0 saturated carbocycles. The Bertz CT molecular complexity index is 1070. The standard InChI is InChI=1S/C26H29Cl2N3O/c1-3-4-6-16(2)15-31-12-11-21-24(31)23(17-7-5-8-18(27)13-17)26(30-21)20-10-9-19(28)14-22(20)29-25(26)32/h5,7-10,13-14,21,23-24,30H,2-4,6,11-12,15H2,1H3,(H,29,32). The number of halogens is 2. The molecule has 3 aliphatic heterocycles. The van der Waals surface area contributed by atoms with E-state index in [0.717, 1.165) is 49.2 Å². The van der Waals surface area contributed by atoms with Crippen molar-refractivity contribution in [1.82, 2.24) is 10.2 Å². The lowest BCUT2D eigenvalue weighted by Crippen LogP contribution is -2.50. The monoisotopic (exact) mass is 469 g/mol. The van der Waals surface area contributed by atoms with Crippen LogP contribution < -0.4 is 10.6 Å². The number of rotatable bonds is 6. The predicted octanol–water partition coefficient (Wildman–Crippen LogP) is 5.72. The third kappa shape index (κ3) is 3.49. The summed E-state index contributed by atoms with van der Waals surface area (Å²) in [6, 6.07) is 14.1. The van der Waals surface area contributed by atoms with E-state index in [0.29, 0.717) is 10.0 Å². The molecule has 4 atom stereocenters. The maximum absolute atomic E-state index is 13.7. The number of nitrogens with one attached hydrogen (secondary N) is 2. The number of carbonyl (C=O) groups excluding carboxylic acids is 1. The molecule has 2 fully saturated rings. The average molecular weight is 470 g/mol. The van der Waals surface area contributed by atoms with Crippen molar-refractivity contribution < 1.29 is 4.79 Å². The van der Waals surface area contributed by atoms with Crippen molar-refractivity contribution in [1.29, 1.82) is 0 Å². The topological polar surface area (TPSA) is 44.4 Å². The van der Waals surface area contributed by atoms with E-state index in [4.69, 9.17) is 23.2 Å². The zero-order chi connectivity index (χ0) is 22.5. The number of carbonyl (C=O) groups is 1. The van der Waals surface area contributed by atoms with Gasteiger partial charge in [0.15, 0.2) is 0 Å². The van der Waals surface area contributed by atoms with Crippen molar-refractivity contribution in [2.24, 2.45) is 0 Å². The van der Waals surface area contributed by atoms with Crippen LogP contribution in [0.1, 0.15) is 49.7 Å². The van der Waals surface area contributed by atoms with Gasteiger partial charge >= 0.3 is 0 Å². The molecule has 4 unspecified atom stereocenters. The van der Waals surface area contributed by atoms with E-state index < -0.39 is 5.54 Å². The van der Waals surface area contributed by atoms with Crippen molar-refractivity contribution in [2.75, 3.05) is 18.4 Å². The molecule has 2 N–H and O–H groups in total. The summed E-state index contributed by atoms with van der Waals surface area (Å²) < 4.78 is 0. The summed E-state index contributed by atoms with van der Waals surface area (Å²) in [6.45, 7) is 8.43. The molecule has 1 amide bonds. The molecule has 1 spiro atoms. The van der Waals surface area contributed by atoms with E-state index in [-0.39, 0.29) is 23.9 Å². The van der Waals surface area contributed by atoms with Crippen molar-refractivity contribution in [3.05, 3.63) is 75.8 Å². The van der Waals surface area contributed by atoms with Gasteiger partial charge in [0.25, 0.3) is 0 Å². The molecule has 6 heteroatoms. The summed E-state index contributed by atoms with van der Waals surface area (Å²) in [4.78, 5) is 16.2. The lowest BCUT2D eigenvalue weighted by atomic mass is 9.74. The highest BCUT2D eigenvalue weighted by Crippen LogP contribution is 2.55. The van der Waals surface area contributed by atoms with Gasteiger partial charge in [0.05, 0.1) is 0 Å². The molecule has 2 aromatic rings. The highest BCUT2D eigenvalue weighted by Gasteiger charge is 2.64. The first kappa shape index (κ1) is 22.0. The van der Waals surface area contributed by atoms with Crippen LogP contribution in [-0.2, 0) is 10.3 Å². The highest BCUT2D eigenvalue weighted by molar-refractivity contribution is 6.31. The van der Waals surface area contributed by atoms with E-state index in [1.807, 2.05) is 36.4 Å². The van der Waals surface area contributed by atoms with Gasteiger partial charge < -0.3 is 5.32 Å². The molecule has 4 nitrogen and oxygen atoms in total. The Morgan fingerprint density at radius 3 is 2.81 bits per heavy atom. The first-order valence-corrected chi connectivity index (χ1v) is 12.2. The zero-order valence-electron chi connectivity index (χ0n) is 18.3. The second kappa shape index (κ2) is 8.49. The molecule has 2 aromatic carbocycles. The minimum Gasteiger partial charge on any atom is -0.324 e. The second-order valence-electron chi connectivity index (χ2n) is 9.34. The molecule has 5 rings (SSSR count). The predicted molar refractivity (Wildman–Crippen MR) is 132 cm³/mol. The van der Waals surface area contributed by atoms with Crippen molar-refractivity contribution in [2.45, 2.75) is 56.1 Å². The van der Waals surface area contributed by atoms with Crippen LogP contribution in [0.4, 0.5) is 5.69 Å². The Labute approximate surface area is 200 Å². The van der Waals surface area contributed by atoms with E-state index >= 15 is 0 Å². The first-order valence-electron chi connectivity index (χ1n) is 11.5. The molecular formula is C26H29Cl2N3O. The van der Waals surface area contributed by atoms with Crippen molar-refractivity contribution in [3.8, 4) is 0 Å². The van der Waals surface area contributed by atoms with Gasteiger partial charge in [-0.3, -0.25) is 15.0 Å². The molecule has 0 aliphatic carbocycles. The average Bonchev–Trinajstić information content (AvgIpc) is 3.38. The molecule has 168 valence electrons. The van der Waals surface area contributed by atoms with Gasteiger partial charge in [-0.1, -0.05) is 66.9 Å². The lowest BCUT2D eigenvalue weighted by molar-refractivity contribution is -0.122. The van der Waals surface area contributed by atoms with Crippen molar-refractivity contribution in [3.63, 3.8) is 0 Å². The Morgan fingerprint density at radius 1 is 1.22 bits per heavy atom. The number of anilines is 1. The van der Waals surface area contributed by atoms with E-state index in [1.165, 1.54) is 12.0 Å². The summed E-state index contributed by atoms with van der Waals surface area (Å²) in [5, 5.41) is 8.21. The third-order valence-corrected chi connectivity index (χ3v) is 7.78. The number of fused-ring (bicyclic) bond motifs is 3. The summed E-state index contributed by atoms with van der Waals surface area (Å²) >= 11 is 12.7. The number of benzene rings is 2. The van der Waals surface area contributed by atoms with Gasteiger partial charge in [0, 0.05) is 52.4 Å². The summed E-state index contributed by atoms with van der Waals surface area (Å²) in [7, 11) is 0. The SMILES string of the molecule is C=C(CCCC)CN1CCC2NC3(C(=O)Nc4cc(Cl)ccc43)C(c3cccc(Cl)c3)C21. The van der Waals surface area contributed by atoms with Crippen LogP contribution in [0, 0.1) is 0 Å². The highest BCUT2D eigenvalue weighted by atomic mass is 35.5. The summed E-state index contributed by atoms with van der Waals surface area (Å²) in [5.41, 5.74) is 3.27. The Kier molecular flexibility index (Phi) is 5.83. The fourth-order valence-corrected chi connectivity index (χ4v) is 6.37. The van der Waals surface area contributed by atoms with Gasteiger partial charge in [0.2, 0.25) is 5.91 Å². The number of hydrogen-bond donors (Lipinski definition) is 2. The van der Waals surface area contributed by atoms with E-state index in [9.17, 15) is 4.79 Å². The molecule has 2 saturated heterocycles. The Morgan fingerprint density at radius 2 is 2.03 bits per heavy atom. The fraction of sp³-hybridized carbons (Fsp3) is 0.423. The number of nitrogens with zero attached hydrogens (tertiary/aromatic N) is 1. The van der Waals surface area contributed by atoms with Gasteiger partial charge in [-0.05, 0) is 49.1 Å². The maximum atomic E-state index is 13.7. The van der Waals surface area contributed by atoms with Gasteiger partial charge in [-0.15, -0.1) is 0 Å². The molecule has 32 heavy (non-hydrogen) atoms. The molecule has 0 radical (unpaired) electrons. The number of unbranched alkanes of at least 4 members (excludes halogenated alkanes) is 1. The lowest BCUT2D eigenvalue weighted by Gasteiger charge is -2.36. The Balaban J connectivity index is 1.59. The van der Waals surface area contributed by atoms with Gasteiger partial charge in [0.1, 0.15) is 5.54 Å². The van der Waals surface area contributed by atoms with Crippen LogP contribution >= 0.6 is 23.2 Å². The zero-order valence-corrected chi connectivity index (χ0v) is 19.8. The van der Waals surface area contributed by atoms with Crippen molar-refractivity contribution >= 4 is 34.8 Å². The van der Waals surface area contributed by atoms with Crippen LogP contribution in [-0.4, -0.2) is 36.0 Å². The molecule has 3 aliphatic rings. The minimum absolute atomic E-state index is 0.0149. The van der Waals surface area contributed by atoms with Crippen LogP contribution in [0.5, 0.6) is 0 Å². The quantitative estimate of drug-likeness (QED) is 0.531. The third-order valence-electron chi connectivity index (χ3n) is 7.31. The summed E-state index contributed by atoms with van der Waals surface area (Å²) in [5.74, 6) is -0.0889. The maximum Gasteiger partial charge on any atom is 0.250 e. The molecule has 0 bridgehead atoms. The van der Waals surface area contributed by atoms with Crippen LogP contribution in [0.15, 0.2) is 54.6 Å². The number of amides is 1. The summed E-state index contributed by atoms with van der Waals surface area (Å²) in [6.07, 6.45) is 4.38. The van der Waals surface area contributed by atoms with E-state index in [2.05, 4.69) is 35.1 Å². The molecule has 3 heterocycles. The smallest absolute Gasteiger partial charge is 0.250 e. The van der Waals surface area contributed by atoms with Gasteiger partial charge in [-0.2, -0.15) is 0 Å². The van der Waals surface area contributed by atoms with Crippen LogP contribution in [0.25, 0.3) is 0 Å². The largest absolute Gasteiger partial charge is 0.324 e. The minimum atomic E-state index is -0.844. The van der Waals surface area contributed by atoms with Gasteiger partial charge in [-0.25, -0.2) is 0 Å². The molecule has 0 aromatic heterocycles. The number of likely N-dealkylation sites (tertiary alicyclic amines) is 1. The van der Waals surface area contributed by atoms with E-state index in [1.54, 1.807) is 0 Å². The first-order chi connectivity index (χ1) is 15.4.